The second-order valence-corrected chi connectivity index (χ2v) is 7.74. The fourth-order valence-corrected chi connectivity index (χ4v) is 3.68. The molecule has 5 N–H and O–H groups in total. The zero-order chi connectivity index (χ0) is 23.3. The largest absolute Gasteiger partial charge is 0.502 e. The van der Waals surface area contributed by atoms with E-state index in [0.717, 1.165) is 0 Å². The molecule has 1 aliphatic heterocycles. The number of aryl methyl sites for hydroxylation is 1. The molecule has 0 aliphatic carbocycles. The van der Waals surface area contributed by atoms with E-state index in [1.807, 2.05) is 0 Å². The smallest absolute Gasteiger partial charge is 0.248 e. The Morgan fingerprint density at radius 1 is 1.12 bits per heavy atom. The highest BCUT2D eigenvalue weighted by molar-refractivity contribution is 5.96. The van der Waals surface area contributed by atoms with Gasteiger partial charge in [0.2, 0.25) is 28.9 Å². The van der Waals surface area contributed by atoms with Crippen molar-refractivity contribution in [1.82, 2.24) is 5.32 Å². The quantitative estimate of drug-likeness (QED) is 0.495. The lowest BCUT2D eigenvalue weighted by molar-refractivity contribution is -0.126. The van der Waals surface area contributed by atoms with Gasteiger partial charge in [-0.15, -0.1) is 0 Å². The van der Waals surface area contributed by atoms with Crippen LogP contribution in [0, 0.1) is 6.92 Å². The van der Waals surface area contributed by atoms with Crippen LogP contribution in [-0.4, -0.2) is 42.6 Å². The Morgan fingerprint density at radius 3 is 2.41 bits per heavy atom. The Kier molecular flexibility index (Phi) is 6.94. The average Bonchev–Trinajstić information content (AvgIpc) is 2.76. The van der Waals surface area contributed by atoms with Gasteiger partial charge in [-0.1, -0.05) is 0 Å². The van der Waals surface area contributed by atoms with Crippen molar-refractivity contribution in [3.63, 3.8) is 0 Å². The number of hydrogen-bond donors (Lipinski definition) is 4. The van der Waals surface area contributed by atoms with E-state index in [0.29, 0.717) is 43.1 Å². The van der Waals surface area contributed by atoms with Crippen LogP contribution in [0.25, 0.3) is 0 Å². The summed E-state index contributed by atoms with van der Waals surface area (Å²) in [5, 5.41) is 15.5. The lowest BCUT2D eigenvalue weighted by Crippen LogP contribution is -2.41. The molecule has 3 rings (SSSR count). The molecule has 2 heterocycles. The topological polar surface area (TPSA) is 161 Å². The van der Waals surface area contributed by atoms with Crippen LogP contribution in [0.3, 0.4) is 0 Å². The summed E-state index contributed by atoms with van der Waals surface area (Å²) in [6.45, 7) is 1.99. The summed E-state index contributed by atoms with van der Waals surface area (Å²) < 4.78 is 11.1. The maximum Gasteiger partial charge on any atom is 0.248 e. The maximum atomic E-state index is 12.7. The molecule has 0 unspecified atom stereocenters. The predicted molar refractivity (Wildman–Crippen MR) is 114 cm³/mol. The lowest BCUT2D eigenvalue weighted by atomic mass is 9.74. The van der Waals surface area contributed by atoms with Gasteiger partial charge in [0.05, 0.1) is 6.54 Å². The number of hydrogen-bond acceptors (Lipinski definition) is 7. The molecule has 32 heavy (non-hydrogen) atoms. The second-order valence-electron chi connectivity index (χ2n) is 7.74. The second kappa shape index (κ2) is 9.65. The summed E-state index contributed by atoms with van der Waals surface area (Å²) in [6, 6.07) is 7.20. The van der Waals surface area contributed by atoms with Crippen molar-refractivity contribution in [2.24, 2.45) is 5.73 Å². The van der Waals surface area contributed by atoms with Crippen LogP contribution in [-0.2, 0) is 19.7 Å². The predicted octanol–water partition coefficient (Wildman–Crippen LogP) is 0.946. The number of carbonyl (C=O) groups excluding carboxylic acids is 3. The van der Waals surface area contributed by atoms with Gasteiger partial charge >= 0.3 is 0 Å². The molecular formula is C22H25N3O7. The minimum atomic E-state index is -0.918. The molecule has 0 spiro atoms. The van der Waals surface area contributed by atoms with E-state index in [-0.39, 0.29) is 18.7 Å². The summed E-state index contributed by atoms with van der Waals surface area (Å²) in [5.41, 5.74) is 4.44. The molecule has 1 aromatic carbocycles. The molecular weight excluding hydrogens is 418 g/mol. The molecule has 1 fully saturated rings. The van der Waals surface area contributed by atoms with Crippen LogP contribution in [0.1, 0.15) is 41.1 Å². The summed E-state index contributed by atoms with van der Waals surface area (Å²) in [4.78, 5) is 48.0. The number of ether oxygens (including phenoxy) is 1. The van der Waals surface area contributed by atoms with Crippen molar-refractivity contribution in [3.8, 4) is 5.75 Å². The van der Waals surface area contributed by atoms with Gasteiger partial charge in [0, 0.05) is 42.4 Å². The Labute approximate surface area is 183 Å². The normalized spacial score (nSPS) is 15.0. The number of nitrogens with one attached hydrogen (secondary N) is 2. The number of anilines is 1. The first kappa shape index (κ1) is 23.0. The van der Waals surface area contributed by atoms with Crippen molar-refractivity contribution in [2.75, 3.05) is 25.1 Å². The Morgan fingerprint density at radius 2 is 1.78 bits per heavy atom. The fraction of sp³-hybridized carbons (Fsp3) is 0.364. The number of nitrogens with two attached hydrogens (primary N) is 1. The van der Waals surface area contributed by atoms with Gasteiger partial charge in [-0.05, 0) is 44.0 Å². The van der Waals surface area contributed by atoms with Crippen molar-refractivity contribution < 1.29 is 28.6 Å². The third-order valence-electron chi connectivity index (χ3n) is 5.38. The molecule has 1 aliphatic rings. The van der Waals surface area contributed by atoms with Crippen LogP contribution in [0.5, 0.6) is 5.75 Å². The van der Waals surface area contributed by atoms with Crippen molar-refractivity contribution in [2.45, 2.75) is 31.6 Å². The molecule has 170 valence electrons. The van der Waals surface area contributed by atoms with Crippen molar-refractivity contribution in [3.05, 3.63) is 57.6 Å². The highest BCUT2D eigenvalue weighted by Gasteiger charge is 2.42. The molecule has 0 atom stereocenters. The van der Waals surface area contributed by atoms with Crippen LogP contribution in [0.15, 0.2) is 39.5 Å². The summed E-state index contributed by atoms with van der Waals surface area (Å²) in [7, 11) is 0. The van der Waals surface area contributed by atoms with Gasteiger partial charge in [-0.3, -0.25) is 19.2 Å². The first-order chi connectivity index (χ1) is 15.2. The van der Waals surface area contributed by atoms with E-state index in [2.05, 4.69) is 10.6 Å². The molecule has 1 saturated heterocycles. The van der Waals surface area contributed by atoms with E-state index in [9.17, 15) is 24.3 Å². The summed E-state index contributed by atoms with van der Waals surface area (Å²) >= 11 is 0. The minimum Gasteiger partial charge on any atom is -0.502 e. The Bertz CT molecular complexity index is 1070. The molecule has 2 aromatic rings. The van der Waals surface area contributed by atoms with Gasteiger partial charge in [0.15, 0.2) is 5.76 Å². The monoisotopic (exact) mass is 443 g/mol. The zero-order valence-electron chi connectivity index (χ0n) is 17.6. The molecule has 1 aromatic heterocycles. The summed E-state index contributed by atoms with van der Waals surface area (Å²) in [5.74, 6) is -1.59. The Balaban J connectivity index is 1.65. The van der Waals surface area contributed by atoms with Crippen molar-refractivity contribution in [1.29, 1.82) is 0 Å². The van der Waals surface area contributed by atoms with E-state index in [1.54, 1.807) is 6.92 Å². The van der Waals surface area contributed by atoms with Gasteiger partial charge in [-0.2, -0.15) is 0 Å². The van der Waals surface area contributed by atoms with Crippen LogP contribution < -0.4 is 21.8 Å². The Hall–Kier alpha value is -3.66. The molecule has 3 amide bonds. The number of primary amides is 1. The number of benzene rings is 1. The van der Waals surface area contributed by atoms with Crippen LogP contribution in [0.2, 0.25) is 0 Å². The van der Waals surface area contributed by atoms with Crippen LogP contribution >= 0.6 is 0 Å². The number of carbonyl (C=O) groups is 3. The van der Waals surface area contributed by atoms with Crippen molar-refractivity contribution >= 4 is 23.4 Å². The standard InChI is InChI=1S/C22H25N3O7/c1-13-10-16(26)19(29)20(32-13)22(6-8-31-9-7-22)11-17(27)24-12-18(28)25-15-4-2-14(3-5-15)21(23)30/h2-5,10,29H,6-9,11-12H2,1H3,(H2,23,30)(H,24,27)(H,25,28). The molecule has 0 saturated carbocycles. The fourth-order valence-electron chi connectivity index (χ4n) is 3.68. The number of rotatable bonds is 7. The first-order valence-electron chi connectivity index (χ1n) is 10.1. The first-order valence-corrected chi connectivity index (χ1v) is 10.1. The summed E-state index contributed by atoms with van der Waals surface area (Å²) in [6.07, 6.45) is 0.661. The SMILES string of the molecule is Cc1cc(=O)c(O)c(C2(CC(=O)NCC(=O)Nc3ccc(C(N)=O)cc3)CCOCC2)o1. The number of aromatic hydroxyl groups is 1. The average molecular weight is 443 g/mol. The van der Waals surface area contributed by atoms with Crippen LogP contribution in [0.4, 0.5) is 5.69 Å². The number of amides is 3. The zero-order valence-corrected chi connectivity index (χ0v) is 17.6. The third kappa shape index (κ3) is 5.33. The highest BCUT2D eigenvalue weighted by atomic mass is 16.5. The lowest BCUT2D eigenvalue weighted by Gasteiger charge is -2.35. The van der Waals surface area contributed by atoms with E-state index >= 15 is 0 Å². The highest BCUT2D eigenvalue weighted by Crippen LogP contribution is 2.41. The van der Waals surface area contributed by atoms with Gasteiger partial charge in [0.1, 0.15) is 5.76 Å². The molecule has 0 bridgehead atoms. The minimum absolute atomic E-state index is 0.0694. The molecule has 10 heteroatoms. The van der Waals surface area contributed by atoms with Gasteiger partial charge in [-0.25, -0.2) is 0 Å². The van der Waals surface area contributed by atoms with Gasteiger partial charge in [0.25, 0.3) is 0 Å². The molecule has 0 radical (unpaired) electrons. The van der Waals surface area contributed by atoms with E-state index in [1.165, 1.54) is 30.3 Å². The third-order valence-corrected chi connectivity index (χ3v) is 5.38. The van der Waals surface area contributed by atoms with E-state index < -0.39 is 34.3 Å². The van der Waals surface area contributed by atoms with Gasteiger partial charge < -0.3 is 30.6 Å². The van der Waals surface area contributed by atoms with E-state index in [4.69, 9.17) is 14.9 Å². The molecule has 10 nitrogen and oxygen atoms in total. The maximum absolute atomic E-state index is 12.7.